The molecule has 2 rings (SSSR count). The number of rotatable bonds is 3. The van der Waals surface area contributed by atoms with Crippen LogP contribution < -0.4 is 0 Å². The van der Waals surface area contributed by atoms with Crippen LogP contribution in [0, 0.1) is 11.3 Å². The molecule has 0 saturated heterocycles. The average Bonchev–Trinajstić information content (AvgIpc) is 2.89. The van der Waals surface area contributed by atoms with Crippen LogP contribution in [0.3, 0.4) is 0 Å². The summed E-state index contributed by atoms with van der Waals surface area (Å²) in [5, 5.41) is 20.3. The summed E-state index contributed by atoms with van der Waals surface area (Å²) < 4.78 is 0. The van der Waals surface area contributed by atoms with Crippen molar-refractivity contribution < 1.29 is 10.2 Å². The van der Waals surface area contributed by atoms with Gasteiger partial charge in [-0.2, -0.15) is 0 Å². The smallest absolute Gasteiger partial charge is 0.0844 e. The highest BCUT2D eigenvalue weighted by molar-refractivity contribution is 5.22. The summed E-state index contributed by atoms with van der Waals surface area (Å²) in [5.74, 6) is 0.176. The monoisotopic (exact) mass is 220 g/mol. The zero-order valence-corrected chi connectivity index (χ0v) is 10.1. The Bertz CT molecular complexity index is 368. The van der Waals surface area contributed by atoms with E-state index in [-0.39, 0.29) is 11.3 Å². The first-order valence-electron chi connectivity index (χ1n) is 5.81. The number of hydrogen-bond acceptors (Lipinski definition) is 2. The summed E-state index contributed by atoms with van der Waals surface area (Å²) in [6, 6.07) is 9.67. The highest BCUT2D eigenvalue weighted by Gasteiger charge is 2.58. The molecular formula is C14H20O2. The summed E-state index contributed by atoms with van der Waals surface area (Å²) in [6.45, 7) is 5.89. The van der Waals surface area contributed by atoms with Crippen LogP contribution in [0.25, 0.3) is 0 Å². The molecule has 1 aliphatic carbocycles. The fourth-order valence-corrected chi connectivity index (χ4v) is 2.67. The number of hydrogen-bond donors (Lipinski definition) is 2. The van der Waals surface area contributed by atoms with Gasteiger partial charge in [0.2, 0.25) is 0 Å². The molecule has 0 heterocycles. The Kier molecular flexibility index (Phi) is 2.59. The first-order chi connectivity index (χ1) is 7.36. The molecule has 2 heteroatoms. The summed E-state index contributed by atoms with van der Waals surface area (Å²) in [7, 11) is 0. The molecule has 1 aromatic carbocycles. The normalized spacial score (nSPS) is 31.2. The molecule has 0 spiro atoms. The van der Waals surface area contributed by atoms with Crippen molar-refractivity contribution in [1.82, 2.24) is 0 Å². The van der Waals surface area contributed by atoms with E-state index in [0.29, 0.717) is 0 Å². The lowest BCUT2D eigenvalue weighted by molar-refractivity contribution is 0.00551. The van der Waals surface area contributed by atoms with Crippen molar-refractivity contribution in [2.75, 3.05) is 0 Å². The van der Waals surface area contributed by atoms with Crippen molar-refractivity contribution >= 4 is 0 Å². The minimum atomic E-state index is -0.598. The molecule has 3 atom stereocenters. The van der Waals surface area contributed by atoms with Gasteiger partial charge in [0.25, 0.3) is 0 Å². The number of aliphatic hydroxyl groups is 2. The van der Waals surface area contributed by atoms with Crippen LogP contribution in [0.5, 0.6) is 0 Å². The first kappa shape index (κ1) is 11.6. The second kappa shape index (κ2) is 3.57. The van der Waals surface area contributed by atoms with Gasteiger partial charge in [-0.25, -0.2) is 0 Å². The maximum Gasteiger partial charge on any atom is 0.0844 e. The molecule has 0 amide bonds. The predicted molar refractivity (Wildman–Crippen MR) is 63.9 cm³/mol. The Labute approximate surface area is 96.9 Å². The molecular weight excluding hydrogens is 200 g/mol. The van der Waals surface area contributed by atoms with E-state index in [4.69, 9.17) is 0 Å². The fraction of sp³-hybridized carbons (Fsp3) is 0.571. The van der Waals surface area contributed by atoms with Crippen LogP contribution in [0.2, 0.25) is 0 Å². The lowest BCUT2D eigenvalue weighted by Crippen LogP contribution is -2.28. The van der Waals surface area contributed by atoms with Crippen LogP contribution in [0.1, 0.15) is 38.9 Å². The van der Waals surface area contributed by atoms with Gasteiger partial charge in [-0.3, -0.25) is 0 Å². The Morgan fingerprint density at radius 2 is 1.81 bits per heavy atom. The molecule has 1 aliphatic rings. The van der Waals surface area contributed by atoms with Crippen LogP contribution in [0.4, 0.5) is 0 Å². The SMILES string of the molecule is CC1(O)CC1C(C)(C)C(O)c1ccccc1. The highest BCUT2D eigenvalue weighted by Crippen LogP contribution is 2.58. The van der Waals surface area contributed by atoms with Crippen molar-refractivity contribution in [1.29, 1.82) is 0 Å². The van der Waals surface area contributed by atoms with Gasteiger partial charge in [-0.15, -0.1) is 0 Å². The maximum absolute atomic E-state index is 10.4. The summed E-state index contributed by atoms with van der Waals surface area (Å²) >= 11 is 0. The Morgan fingerprint density at radius 3 is 2.25 bits per heavy atom. The van der Waals surface area contributed by atoms with E-state index in [1.54, 1.807) is 0 Å². The zero-order chi connectivity index (χ0) is 12.0. The predicted octanol–water partition coefficient (Wildman–Crippen LogP) is 2.52. The van der Waals surface area contributed by atoms with Gasteiger partial charge in [0.15, 0.2) is 0 Å². The third-order valence-electron chi connectivity index (χ3n) is 3.93. The van der Waals surface area contributed by atoms with Gasteiger partial charge in [-0.1, -0.05) is 44.2 Å². The van der Waals surface area contributed by atoms with Crippen molar-refractivity contribution in [3.05, 3.63) is 35.9 Å². The summed E-state index contributed by atoms with van der Waals surface area (Å²) in [5.41, 5.74) is 0.0413. The molecule has 2 N–H and O–H groups in total. The van der Waals surface area contributed by atoms with Gasteiger partial charge in [0.1, 0.15) is 0 Å². The topological polar surface area (TPSA) is 40.5 Å². The van der Waals surface area contributed by atoms with E-state index in [1.807, 2.05) is 51.1 Å². The van der Waals surface area contributed by atoms with Gasteiger partial charge in [0.05, 0.1) is 11.7 Å². The molecule has 2 nitrogen and oxygen atoms in total. The highest BCUT2D eigenvalue weighted by atomic mass is 16.3. The molecule has 3 unspecified atom stereocenters. The summed E-state index contributed by atoms with van der Waals surface area (Å²) in [6.07, 6.45) is 0.261. The van der Waals surface area contributed by atoms with E-state index < -0.39 is 11.7 Å². The van der Waals surface area contributed by atoms with Crippen molar-refractivity contribution in [3.63, 3.8) is 0 Å². The van der Waals surface area contributed by atoms with Crippen LogP contribution in [-0.4, -0.2) is 15.8 Å². The van der Waals surface area contributed by atoms with E-state index in [0.717, 1.165) is 12.0 Å². The molecule has 88 valence electrons. The largest absolute Gasteiger partial charge is 0.390 e. The molecule has 0 aromatic heterocycles. The molecule has 0 bridgehead atoms. The molecule has 1 aromatic rings. The maximum atomic E-state index is 10.4. The van der Waals surface area contributed by atoms with Gasteiger partial charge in [-0.05, 0) is 24.8 Å². The molecule has 1 fully saturated rings. The Hall–Kier alpha value is -0.860. The zero-order valence-electron chi connectivity index (χ0n) is 10.1. The van der Waals surface area contributed by atoms with Gasteiger partial charge in [0, 0.05) is 5.41 Å². The molecule has 0 aliphatic heterocycles. The standard InChI is InChI=1S/C14H20O2/c1-13(2,11-9-14(11,3)16)12(15)10-7-5-4-6-8-10/h4-8,11-12,15-16H,9H2,1-3H3. The second-order valence-electron chi connectivity index (χ2n) is 5.75. The molecule has 1 saturated carbocycles. The lowest BCUT2D eigenvalue weighted by atomic mass is 9.77. The third kappa shape index (κ3) is 1.87. The third-order valence-corrected chi connectivity index (χ3v) is 3.93. The van der Waals surface area contributed by atoms with Gasteiger partial charge >= 0.3 is 0 Å². The van der Waals surface area contributed by atoms with E-state index in [2.05, 4.69) is 0 Å². The lowest BCUT2D eigenvalue weighted by Gasteiger charge is -2.32. The first-order valence-corrected chi connectivity index (χ1v) is 5.81. The van der Waals surface area contributed by atoms with E-state index >= 15 is 0 Å². The molecule has 0 radical (unpaired) electrons. The Morgan fingerprint density at radius 1 is 1.31 bits per heavy atom. The van der Waals surface area contributed by atoms with Gasteiger partial charge < -0.3 is 10.2 Å². The minimum absolute atomic E-state index is 0.176. The Balaban J connectivity index is 2.19. The van der Waals surface area contributed by atoms with E-state index in [1.165, 1.54) is 0 Å². The quantitative estimate of drug-likeness (QED) is 0.821. The van der Waals surface area contributed by atoms with Crippen LogP contribution in [0.15, 0.2) is 30.3 Å². The summed E-state index contributed by atoms with van der Waals surface area (Å²) in [4.78, 5) is 0. The van der Waals surface area contributed by atoms with Crippen molar-refractivity contribution in [2.45, 2.75) is 38.9 Å². The van der Waals surface area contributed by atoms with Crippen molar-refractivity contribution in [3.8, 4) is 0 Å². The van der Waals surface area contributed by atoms with Crippen molar-refractivity contribution in [2.24, 2.45) is 11.3 Å². The fourth-order valence-electron chi connectivity index (χ4n) is 2.67. The second-order valence-corrected chi connectivity index (χ2v) is 5.75. The number of aliphatic hydroxyl groups excluding tert-OH is 1. The number of benzene rings is 1. The minimum Gasteiger partial charge on any atom is -0.390 e. The average molecular weight is 220 g/mol. The molecule has 16 heavy (non-hydrogen) atoms. The van der Waals surface area contributed by atoms with Crippen LogP contribution in [-0.2, 0) is 0 Å². The van der Waals surface area contributed by atoms with E-state index in [9.17, 15) is 10.2 Å². The van der Waals surface area contributed by atoms with Crippen LogP contribution >= 0.6 is 0 Å².